The fourth-order valence-electron chi connectivity index (χ4n) is 2.45. The Balaban J connectivity index is 1.63. The first-order valence-electron chi connectivity index (χ1n) is 7.11. The molecule has 1 fully saturated rings. The number of rotatable bonds is 3. The molecule has 0 radical (unpaired) electrons. The lowest BCUT2D eigenvalue weighted by Crippen LogP contribution is -2.43. The van der Waals surface area contributed by atoms with Gasteiger partial charge in [0, 0.05) is 12.6 Å². The molecule has 2 N–H and O–H groups in total. The topological polar surface area (TPSA) is 87.5 Å². The number of urea groups is 1. The van der Waals surface area contributed by atoms with Crippen LogP contribution in [0.2, 0.25) is 5.02 Å². The fraction of sp³-hybridized carbons (Fsp3) is 0.267. The zero-order valence-corrected chi connectivity index (χ0v) is 13.1. The molecule has 120 valence electrons. The van der Waals surface area contributed by atoms with Gasteiger partial charge in [-0.15, -0.1) is 0 Å². The van der Waals surface area contributed by atoms with Gasteiger partial charge in [-0.05, 0) is 25.5 Å². The highest BCUT2D eigenvalue weighted by Crippen LogP contribution is 2.29. The smallest absolute Gasteiger partial charge is 0.322 e. The number of hydrogen-bond acceptors (Lipinski definition) is 4. The largest absolute Gasteiger partial charge is 0.338 e. The normalized spacial score (nSPS) is 17.4. The summed E-state index contributed by atoms with van der Waals surface area (Å²) in [5.41, 5.74) is 1.30. The van der Waals surface area contributed by atoms with E-state index in [4.69, 9.17) is 16.1 Å². The average Bonchev–Trinajstić information content (AvgIpc) is 3.07. The van der Waals surface area contributed by atoms with Crippen molar-refractivity contribution in [3.05, 3.63) is 41.0 Å². The van der Waals surface area contributed by atoms with E-state index < -0.39 is 12.1 Å². The molecule has 1 aromatic carbocycles. The molecule has 1 atom stereocenters. The van der Waals surface area contributed by atoms with Crippen LogP contribution in [0.15, 0.2) is 34.9 Å². The van der Waals surface area contributed by atoms with E-state index in [9.17, 15) is 9.59 Å². The Morgan fingerprint density at radius 2 is 2.22 bits per heavy atom. The van der Waals surface area contributed by atoms with E-state index in [0.29, 0.717) is 29.4 Å². The van der Waals surface area contributed by atoms with Gasteiger partial charge in [-0.25, -0.2) is 4.79 Å². The predicted molar refractivity (Wildman–Crippen MR) is 85.6 cm³/mol. The number of carbonyl (C=O) groups excluding carboxylic acids is 2. The molecule has 0 bridgehead atoms. The first-order valence-corrected chi connectivity index (χ1v) is 7.49. The van der Waals surface area contributed by atoms with Crippen LogP contribution in [0.5, 0.6) is 0 Å². The molecule has 8 heteroatoms. The molecule has 1 aliphatic heterocycles. The summed E-state index contributed by atoms with van der Waals surface area (Å²) in [5.74, 6) is 0.0374. The van der Waals surface area contributed by atoms with E-state index in [-0.39, 0.29) is 11.8 Å². The van der Waals surface area contributed by atoms with Gasteiger partial charge in [-0.2, -0.15) is 0 Å². The average molecular weight is 335 g/mol. The highest BCUT2D eigenvalue weighted by molar-refractivity contribution is 6.34. The predicted octanol–water partition coefficient (Wildman–Crippen LogP) is 2.56. The highest BCUT2D eigenvalue weighted by Gasteiger charge is 2.34. The van der Waals surface area contributed by atoms with Crippen molar-refractivity contribution in [3.63, 3.8) is 0 Å². The second-order valence-electron chi connectivity index (χ2n) is 5.21. The quantitative estimate of drug-likeness (QED) is 0.903. The molecule has 1 aliphatic rings. The molecular weight excluding hydrogens is 320 g/mol. The Morgan fingerprint density at radius 3 is 2.91 bits per heavy atom. The minimum atomic E-state index is -0.602. The van der Waals surface area contributed by atoms with Crippen molar-refractivity contribution in [2.45, 2.75) is 19.4 Å². The Morgan fingerprint density at radius 1 is 1.43 bits per heavy atom. The van der Waals surface area contributed by atoms with E-state index in [0.717, 1.165) is 0 Å². The summed E-state index contributed by atoms with van der Waals surface area (Å²) in [4.78, 5) is 25.9. The summed E-state index contributed by atoms with van der Waals surface area (Å²) >= 11 is 6.12. The molecule has 0 spiro atoms. The van der Waals surface area contributed by atoms with Crippen LogP contribution in [-0.2, 0) is 4.79 Å². The van der Waals surface area contributed by atoms with Gasteiger partial charge in [-0.1, -0.05) is 28.9 Å². The van der Waals surface area contributed by atoms with E-state index in [2.05, 4.69) is 15.8 Å². The molecule has 3 rings (SSSR count). The first-order chi connectivity index (χ1) is 11.0. The van der Waals surface area contributed by atoms with Gasteiger partial charge < -0.3 is 14.7 Å². The zero-order chi connectivity index (χ0) is 16.4. The van der Waals surface area contributed by atoms with Crippen LogP contribution >= 0.6 is 11.6 Å². The maximum absolute atomic E-state index is 12.4. The minimum absolute atomic E-state index is 0.193. The van der Waals surface area contributed by atoms with Crippen molar-refractivity contribution in [2.75, 3.05) is 16.8 Å². The van der Waals surface area contributed by atoms with Crippen molar-refractivity contribution >= 4 is 35.1 Å². The van der Waals surface area contributed by atoms with E-state index in [1.54, 1.807) is 36.1 Å². The van der Waals surface area contributed by atoms with Crippen LogP contribution in [0.25, 0.3) is 0 Å². The second kappa shape index (κ2) is 6.29. The van der Waals surface area contributed by atoms with Crippen LogP contribution in [0.1, 0.15) is 12.1 Å². The molecule has 1 saturated heterocycles. The van der Waals surface area contributed by atoms with Crippen LogP contribution in [0.3, 0.4) is 0 Å². The third-order valence-corrected chi connectivity index (χ3v) is 3.84. The van der Waals surface area contributed by atoms with Crippen LogP contribution in [0, 0.1) is 6.92 Å². The van der Waals surface area contributed by atoms with Gasteiger partial charge in [0.25, 0.3) is 0 Å². The molecular formula is C15H15ClN4O3. The summed E-state index contributed by atoms with van der Waals surface area (Å²) in [6, 6.07) is 7.59. The van der Waals surface area contributed by atoms with Gasteiger partial charge >= 0.3 is 6.03 Å². The van der Waals surface area contributed by atoms with Gasteiger partial charge in [-0.3, -0.25) is 10.1 Å². The second-order valence-corrected chi connectivity index (χ2v) is 5.62. The van der Waals surface area contributed by atoms with Gasteiger partial charge in [0.15, 0.2) is 0 Å². The van der Waals surface area contributed by atoms with Crippen molar-refractivity contribution in [1.29, 1.82) is 0 Å². The first kappa shape index (κ1) is 15.4. The van der Waals surface area contributed by atoms with Gasteiger partial charge in [0.2, 0.25) is 11.8 Å². The molecule has 3 amide bonds. The van der Waals surface area contributed by atoms with E-state index in [1.165, 1.54) is 0 Å². The number of para-hydroxylation sites is 1. The lowest BCUT2D eigenvalue weighted by molar-refractivity contribution is -0.118. The number of halogens is 1. The van der Waals surface area contributed by atoms with Crippen LogP contribution in [-0.4, -0.2) is 29.7 Å². The fourth-order valence-corrected chi connectivity index (χ4v) is 2.69. The molecule has 0 aliphatic carbocycles. The Bertz CT molecular complexity index is 746. The molecule has 0 saturated carbocycles. The maximum Gasteiger partial charge on any atom is 0.322 e. The van der Waals surface area contributed by atoms with Crippen molar-refractivity contribution in [3.8, 4) is 0 Å². The van der Waals surface area contributed by atoms with Crippen LogP contribution < -0.4 is 15.5 Å². The monoisotopic (exact) mass is 334 g/mol. The number of aromatic nitrogens is 1. The van der Waals surface area contributed by atoms with Crippen molar-refractivity contribution in [1.82, 2.24) is 10.5 Å². The highest BCUT2D eigenvalue weighted by atomic mass is 35.5. The SMILES string of the molecule is Cc1cc(NC(=O)NC2CCN(c3ccccc3Cl)C2=O)on1. The van der Waals surface area contributed by atoms with Crippen molar-refractivity contribution in [2.24, 2.45) is 0 Å². The Hall–Kier alpha value is -2.54. The van der Waals surface area contributed by atoms with Crippen LogP contribution in [0.4, 0.5) is 16.4 Å². The summed E-state index contributed by atoms with van der Waals surface area (Å²) < 4.78 is 4.90. The molecule has 1 aromatic heterocycles. The number of carbonyl (C=O) groups is 2. The summed E-state index contributed by atoms with van der Waals surface area (Å²) in [6.45, 7) is 2.24. The summed E-state index contributed by atoms with van der Waals surface area (Å²) in [5, 5.41) is 9.31. The number of anilines is 2. The third-order valence-electron chi connectivity index (χ3n) is 3.52. The lowest BCUT2D eigenvalue weighted by Gasteiger charge is -2.18. The third kappa shape index (κ3) is 3.29. The van der Waals surface area contributed by atoms with E-state index in [1.807, 2.05) is 6.07 Å². The number of aryl methyl sites for hydroxylation is 1. The van der Waals surface area contributed by atoms with Gasteiger partial charge in [0.05, 0.1) is 16.4 Å². The van der Waals surface area contributed by atoms with Gasteiger partial charge in [0.1, 0.15) is 6.04 Å². The molecule has 2 heterocycles. The Kier molecular flexibility index (Phi) is 4.20. The summed E-state index contributed by atoms with van der Waals surface area (Å²) in [7, 11) is 0. The number of nitrogens with zero attached hydrogens (tertiary/aromatic N) is 2. The summed E-state index contributed by atoms with van der Waals surface area (Å²) in [6.07, 6.45) is 0.507. The lowest BCUT2D eigenvalue weighted by atomic mass is 10.2. The number of nitrogens with one attached hydrogen (secondary N) is 2. The minimum Gasteiger partial charge on any atom is -0.338 e. The number of hydrogen-bond donors (Lipinski definition) is 2. The molecule has 1 unspecified atom stereocenters. The number of benzene rings is 1. The molecule has 2 aromatic rings. The molecule has 23 heavy (non-hydrogen) atoms. The standard InChI is InChI=1S/C15H15ClN4O3/c1-9-8-13(23-19-9)18-15(22)17-11-6-7-20(14(11)21)12-5-3-2-4-10(12)16/h2-5,8,11H,6-7H2,1H3,(H2,17,18,22). The number of amides is 3. The zero-order valence-electron chi connectivity index (χ0n) is 12.4. The maximum atomic E-state index is 12.4. The molecule has 7 nitrogen and oxygen atoms in total. The Labute approximate surface area is 137 Å². The van der Waals surface area contributed by atoms with Crippen molar-refractivity contribution < 1.29 is 14.1 Å². The van der Waals surface area contributed by atoms with E-state index >= 15 is 0 Å².